The lowest BCUT2D eigenvalue weighted by atomic mass is 10.1. The molecule has 0 aliphatic carbocycles. The molecule has 0 unspecified atom stereocenters. The van der Waals surface area contributed by atoms with Crippen LogP contribution in [0.1, 0.15) is 27.0 Å². The summed E-state index contributed by atoms with van der Waals surface area (Å²) >= 11 is 12.1. The second kappa shape index (κ2) is 9.30. The summed E-state index contributed by atoms with van der Waals surface area (Å²) in [5, 5.41) is 0.649. The Bertz CT molecular complexity index is 1230. The number of nitrogens with zero attached hydrogens (tertiary/aromatic N) is 1. The highest BCUT2D eigenvalue weighted by Gasteiger charge is 2.22. The quantitative estimate of drug-likeness (QED) is 0.497. The number of sulfonamides is 1. The molecular weight excluding hydrogens is 455 g/mol. The van der Waals surface area contributed by atoms with Crippen molar-refractivity contribution in [3.05, 3.63) is 93.0 Å². The third kappa shape index (κ3) is 5.58. The van der Waals surface area contributed by atoms with Crippen LogP contribution in [0.2, 0.25) is 10.0 Å². The fourth-order valence-electron chi connectivity index (χ4n) is 3.04. The van der Waals surface area contributed by atoms with Gasteiger partial charge < -0.3 is 4.90 Å². The number of aryl methyl sites for hydroxylation is 2. The van der Waals surface area contributed by atoms with Crippen molar-refractivity contribution in [2.45, 2.75) is 25.3 Å². The number of benzene rings is 3. The molecular formula is C23H22Cl2N2O3S. The van der Waals surface area contributed by atoms with Crippen molar-refractivity contribution in [2.75, 3.05) is 11.8 Å². The average Bonchev–Trinajstić information content (AvgIpc) is 2.72. The highest BCUT2D eigenvalue weighted by atomic mass is 35.5. The van der Waals surface area contributed by atoms with E-state index in [1.807, 2.05) is 38.1 Å². The maximum absolute atomic E-state index is 13.0. The molecule has 162 valence electrons. The van der Waals surface area contributed by atoms with Gasteiger partial charge in [-0.25, -0.2) is 8.42 Å². The van der Waals surface area contributed by atoms with Gasteiger partial charge in [0, 0.05) is 24.2 Å². The Labute approximate surface area is 192 Å². The summed E-state index contributed by atoms with van der Waals surface area (Å²) < 4.78 is 28.6. The van der Waals surface area contributed by atoms with Crippen LogP contribution in [0.5, 0.6) is 0 Å². The van der Waals surface area contributed by atoms with Gasteiger partial charge in [-0.05, 0) is 66.9 Å². The number of anilines is 1. The molecule has 0 aliphatic heterocycles. The van der Waals surface area contributed by atoms with Crippen LogP contribution in [0.25, 0.3) is 0 Å². The zero-order valence-corrected chi connectivity index (χ0v) is 19.6. The van der Waals surface area contributed by atoms with Gasteiger partial charge in [-0.2, -0.15) is 0 Å². The van der Waals surface area contributed by atoms with E-state index in [1.54, 1.807) is 25.2 Å². The van der Waals surface area contributed by atoms with Gasteiger partial charge in [0.05, 0.1) is 10.7 Å². The first kappa shape index (κ1) is 23.1. The molecule has 0 bridgehead atoms. The van der Waals surface area contributed by atoms with Crippen molar-refractivity contribution in [3.63, 3.8) is 0 Å². The number of carbonyl (C=O) groups is 1. The van der Waals surface area contributed by atoms with Gasteiger partial charge in [-0.1, -0.05) is 47.5 Å². The Kier molecular flexibility index (Phi) is 6.94. The van der Waals surface area contributed by atoms with E-state index in [1.165, 1.54) is 23.1 Å². The normalized spacial score (nSPS) is 11.3. The van der Waals surface area contributed by atoms with E-state index in [2.05, 4.69) is 4.72 Å². The second-order valence-corrected chi connectivity index (χ2v) is 9.85. The average molecular weight is 477 g/mol. The fourth-order valence-corrected chi connectivity index (χ4v) is 4.82. The van der Waals surface area contributed by atoms with Gasteiger partial charge in [0.15, 0.2) is 0 Å². The summed E-state index contributed by atoms with van der Waals surface area (Å²) in [5.74, 6) is -0.324. The minimum atomic E-state index is -4.00. The molecule has 3 aromatic carbocycles. The smallest absolute Gasteiger partial charge is 0.263 e. The van der Waals surface area contributed by atoms with Crippen molar-refractivity contribution in [2.24, 2.45) is 0 Å². The summed E-state index contributed by atoms with van der Waals surface area (Å²) in [6, 6.07) is 16.9. The summed E-state index contributed by atoms with van der Waals surface area (Å²) in [5.41, 5.74) is 3.29. The van der Waals surface area contributed by atoms with Crippen molar-refractivity contribution >= 4 is 44.8 Å². The molecule has 0 saturated heterocycles. The first-order valence-electron chi connectivity index (χ1n) is 9.46. The molecule has 3 rings (SSSR count). The first-order chi connectivity index (χ1) is 14.6. The number of carbonyl (C=O) groups excluding carboxylic acids is 1. The minimum absolute atomic E-state index is 0.0368. The third-order valence-electron chi connectivity index (χ3n) is 4.78. The number of hydrogen-bond acceptors (Lipinski definition) is 3. The van der Waals surface area contributed by atoms with E-state index in [0.29, 0.717) is 17.3 Å². The van der Waals surface area contributed by atoms with Crippen molar-refractivity contribution in [1.29, 1.82) is 0 Å². The molecule has 0 aliphatic rings. The van der Waals surface area contributed by atoms with Gasteiger partial charge >= 0.3 is 0 Å². The van der Waals surface area contributed by atoms with E-state index < -0.39 is 10.0 Å². The second-order valence-electron chi connectivity index (χ2n) is 7.36. The number of hydrogen-bond donors (Lipinski definition) is 1. The zero-order valence-electron chi connectivity index (χ0n) is 17.3. The zero-order chi connectivity index (χ0) is 22.8. The highest BCUT2D eigenvalue weighted by Crippen LogP contribution is 2.27. The van der Waals surface area contributed by atoms with Crippen LogP contribution in [-0.4, -0.2) is 26.3 Å². The van der Waals surface area contributed by atoms with Crippen LogP contribution >= 0.6 is 23.2 Å². The molecule has 31 heavy (non-hydrogen) atoms. The maximum Gasteiger partial charge on any atom is 0.263 e. The molecule has 0 fully saturated rings. The molecule has 0 aromatic heterocycles. The summed E-state index contributed by atoms with van der Waals surface area (Å²) in [4.78, 5) is 14.3. The van der Waals surface area contributed by atoms with E-state index in [0.717, 1.165) is 16.7 Å². The van der Waals surface area contributed by atoms with Crippen LogP contribution in [0, 0.1) is 13.8 Å². The molecule has 0 spiro atoms. The molecule has 5 nitrogen and oxygen atoms in total. The first-order valence-corrected chi connectivity index (χ1v) is 11.7. The lowest BCUT2D eigenvalue weighted by Crippen LogP contribution is -2.26. The Morgan fingerprint density at radius 3 is 2.32 bits per heavy atom. The van der Waals surface area contributed by atoms with Crippen LogP contribution in [0.15, 0.2) is 65.6 Å². The third-order valence-corrected chi connectivity index (χ3v) is 6.88. The monoisotopic (exact) mass is 476 g/mol. The fraction of sp³-hybridized carbons (Fsp3) is 0.174. The molecule has 1 N–H and O–H groups in total. The number of rotatable bonds is 6. The van der Waals surface area contributed by atoms with Gasteiger partial charge in [-0.3, -0.25) is 9.52 Å². The van der Waals surface area contributed by atoms with Gasteiger partial charge in [0.2, 0.25) is 0 Å². The molecule has 8 heteroatoms. The van der Waals surface area contributed by atoms with Crippen molar-refractivity contribution in [3.8, 4) is 0 Å². The standard InChI is InChI=1S/C23H22Cl2N2O3S/c1-15-4-5-16(2)21(12-15)26-31(29,30)22-13-18(8-11-20(22)25)23(28)27(3)14-17-6-9-19(24)10-7-17/h4-13,26H,14H2,1-3H3. The van der Waals surface area contributed by atoms with Crippen LogP contribution in [0.4, 0.5) is 5.69 Å². The van der Waals surface area contributed by atoms with E-state index in [4.69, 9.17) is 23.2 Å². The largest absolute Gasteiger partial charge is 0.337 e. The van der Waals surface area contributed by atoms with Crippen LogP contribution < -0.4 is 4.72 Å². The van der Waals surface area contributed by atoms with E-state index in [9.17, 15) is 13.2 Å². The molecule has 1 amide bonds. The number of halogens is 2. The van der Waals surface area contributed by atoms with Crippen LogP contribution in [0.3, 0.4) is 0 Å². The molecule has 0 atom stereocenters. The molecule has 0 radical (unpaired) electrons. The Morgan fingerprint density at radius 1 is 0.968 bits per heavy atom. The Hall–Kier alpha value is -2.54. The Balaban J connectivity index is 1.87. The summed E-state index contributed by atoms with van der Waals surface area (Å²) in [7, 11) is -2.35. The summed E-state index contributed by atoms with van der Waals surface area (Å²) in [6.45, 7) is 4.03. The number of amides is 1. The van der Waals surface area contributed by atoms with Crippen molar-refractivity contribution in [1.82, 2.24) is 4.90 Å². The predicted octanol–water partition coefficient (Wildman–Crippen LogP) is 5.68. The van der Waals surface area contributed by atoms with Gasteiger partial charge in [-0.15, -0.1) is 0 Å². The lowest BCUT2D eigenvalue weighted by molar-refractivity contribution is 0.0785. The molecule has 3 aromatic rings. The minimum Gasteiger partial charge on any atom is -0.337 e. The predicted molar refractivity (Wildman–Crippen MR) is 125 cm³/mol. The highest BCUT2D eigenvalue weighted by molar-refractivity contribution is 7.92. The number of nitrogens with one attached hydrogen (secondary N) is 1. The van der Waals surface area contributed by atoms with Crippen LogP contribution in [-0.2, 0) is 16.6 Å². The topological polar surface area (TPSA) is 66.5 Å². The van der Waals surface area contributed by atoms with Gasteiger partial charge in [0.25, 0.3) is 15.9 Å². The SMILES string of the molecule is Cc1ccc(C)c(NS(=O)(=O)c2cc(C(=O)N(C)Cc3ccc(Cl)cc3)ccc2Cl)c1. The van der Waals surface area contributed by atoms with E-state index >= 15 is 0 Å². The van der Waals surface area contributed by atoms with Gasteiger partial charge in [0.1, 0.15) is 4.90 Å². The maximum atomic E-state index is 13.0. The Morgan fingerprint density at radius 2 is 1.65 bits per heavy atom. The van der Waals surface area contributed by atoms with Crippen molar-refractivity contribution < 1.29 is 13.2 Å². The summed E-state index contributed by atoms with van der Waals surface area (Å²) in [6.07, 6.45) is 0. The lowest BCUT2D eigenvalue weighted by Gasteiger charge is -2.18. The molecule has 0 saturated carbocycles. The molecule has 0 heterocycles. The van der Waals surface area contributed by atoms with E-state index in [-0.39, 0.29) is 21.4 Å².